The van der Waals surface area contributed by atoms with Crippen molar-refractivity contribution in [3.63, 3.8) is 0 Å². The first kappa shape index (κ1) is 16.0. The Hall–Kier alpha value is -2.83. The average molecular weight is 334 g/mol. The Labute approximate surface area is 135 Å². The molecule has 1 amide bonds. The van der Waals surface area contributed by atoms with E-state index in [1.54, 1.807) is 5.32 Å². The van der Waals surface area contributed by atoms with Gasteiger partial charge < -0.3 is 9.73 Å². The van der Waals surface area contributed by atoms with Crippen LogP contribution < -0.4 is 5.32 Å². The van der Waals surface area contributed by atoms with E-state index in [-0.39, 0.29) is 5.69 Å². The van der Waals surface area contributed by atoms with Crippen molar-refractivity contribution in [3.05, 3.63) is 47.5 Å². The number of amides is 1. The van der Waals surface area contributed by atoms with Gasteiger partial charge in [-0.1, -0.05) is 0 Å². The van der Waals surface area contributed by atoms with Gasteiger partial charge in [0.25, 0.3) is 0 Å². The molecule has 24 heavy (non-hydrogen) atoms. The second-order valence-electron chi connectivity index (χ2n) is 5.45. The van der Waals surface area contributed by atoms with Gasteiger partial charge in [-0.15, -0.1) is 0 Å². The molecular formula is C17H13F3N2O2. The summed E-state index contributed by atoms with van der Waals surface area (Å²) in [6.07, 6.45) is -4.92. The van der Waals surface area contributed by atoms with Gasteiger partial charge in [-0.3, -0.25) is 4.79 Å². The van der Waals surface area contributed by atoms with Crippen LogP contribution >= 0.6 is 0 Å². The first-order chi connectivity index (χ1) is 11.2. The molecule has 7 heteroatoms. The van der Waals surface area contributed by atoms with Crippen molar-refractivity contribution in [2.45, 2.75) is 20.0 Å². The summed E-state index contributed by atoms with van der Waals surface area (Å²) in [7, 11) is 0. The molecule has 0 aliphatic heterocycles. The quantitative estimate of drug-likeness (QED) is 0.744. The molecule has 124 valence electrons. The molecule has 1 heterocycles. The predicted molar refractivity (Wildman–Crippen MR) is 83.6 cm³/mol. The van der Waals surface area contributed by atoms with Crippen molar-refractivity contribution < 1.29 is 22.4 Å². The lowest BCUT2D eigenvalue weighted by atomic mass is 10.1. The SMILES string of the molecule is Cc1cc2nc(-c3ccc(NC(=O)C(F)(F)F)cc3)oc2cc1C. The third-order valence-corrected chi connectivity index (χ3v) is 3.65. The number of halogens is 3. The van der Waals surface area contributed by atoms with Gasteiger partial charge in [0, 0.05) is 11.3 Å². The molecular weight excluding hydrogens is 321 g/mol. The highest BCUT2D eigenvalue weighted by Crippen LogP contribution is 2.27. The molecule has 4 nitrogen and oxygen atoms in total. The molecule has 0 fully saturated rings. The van der Waals surface area contributed by atoms with E-state index in [0.29, 0.717) is 22.6 Å². The minimum absolute atomic E-state index is 0.0453. The van der Waals surface area contributed by atoms with E-state index in [4.69, 9.17) is 4.42 Å². The Morgan fingerprint density at radius 3 is 2.33 bits per heavy atom. The number of alkyl halides is 3. The number of hydrogen-bond donors (Lipinski definition) is 1. The smallest absolute Gasteiger partial charge is 0.436 e. The molecule has 2 aromatic carbocycles. The molecule has 0 bridgehead atoms. The van der Waals surface area contributed by atoms with Gasteiger partial charge in [-0.2, -0.15) is 13.2 Å². The van der Waals surface area contributed by atoms with E-state index in [1.165, 1.54) is 24.3 Å². The third-order valence-electron chi connectivity index (χ3n) is 3.65. The summed E-state index contributed by atoms with van der Waals surface area (Å²) in [5.41, 5.74) is 4.17. The number of oxazole rings is 1. The number of benzene rings is 2. The summed E-state index contributed by atoms with van der Waals surface area (Å²) in [4.78, 5) is 15.3. The van der Waals surface area contributed by atoms with Crippen LogP contribution in [0.1, 0.15) is 11.1 Å². The maximum absolute atomic E-state index is 12.2. The molecule has 0 spiro atoms. The maximum Gasteiger partial charge on any atom is 0.471 e. The van der Waals surface area contributed by atoms with Crippen LogP contribution in [0.3, 0.4) is 0 Å². The lowest BCUT2D eigenvalue weighted by molar-refractivity contribution is -0.167. The number of nitrogens with zero attached hydrogens (tertiary/aromatic N) is 1. The number of aryl methyl sites for hydroxylation is 2. The molecule has 0 saturated heterocycles. The molecule has 3 rings (SSSR count). The van der Waals surface area contributed by atoms with Crippen LogP contribution in [0.15, 0.2) is 40.8 Å². The highest BCUT2D eigenvalue weighted by Gasteiger charge is 2.38. The normalized spacial score (nSPS) is 11.7. The van der Waals surface area contributed by atoms with E-state index >= 15 is 0 Å². The summed E-state index contributed by atoms with van der Waals surface area (Å²) < 4.78 is 42.4. The monoisotopic (exact) mass is 334 g/mol. The lowest BCUT2D eigenvalue weighted by Gasteiger charge is -2.07. The van der Waals surface area contributed by atoms with Gasteiger partial charge in [-0.05, 0) is 61.4 Å². The zero-order valence-electron chi connectivity index (χ0n) is 12.9. The lowest BCUT2D eigenvalue weighted by Crippen LogP contribution is -2.29. The van der Waals surface area contributed by atoms with Crippen molar-refractivity contribution >= 4 is 22.7 Å². The zero-order chi connectivity index (χ0) is 17.5. The van der Waals surface area contributed by atoms with Crippen LogP contribution in [-0.2, 0) is 4.79 Å². The van der Waals surface area contributed by atoms with Gasteiger partial charge in [-0.25, -0.2) is 4.98 Å². The van der Waals surface area contributed by atoms with E-state index in [9.17, 15) is 18.0 Å². The Balaban J connectivity index is 1.87. The molecule has 0 unspecified atom stereocenters. The number of nitrogens with one attached hydrogen (secondary N) is 1. The summed E-state index contributed by atoms with van der Waals surface area (Å²) >= 11 is 0. The Morgan fingerprint density at radius 1 is 1.08 bits per heavy atom. The van der Waals surface area contributed by atoms with E-state index in [2.05, 4.69) is 4.98 Å². The van der Waals surface area contributed by atoms with E-state index < -0.39 is 12.1 Å². The van der Waals surface area contributed by atoms with Crippen LogP contribution in [-0.4, -0.2) is 17.1 Å². The van der Waals surface area contributed by atoms with Crippen LogP contribution in [0.4, 0.5) is 18.9 Å². The van der Waals surface area contributed by atoms with Crippen molar-refractivity contribution in [2.75, 3.05) is 5.32 Å². The number of aromatic nitrogens is 1. The molecule has 0 aliphatic carbocycles. The predicted octanol–water partition coefficient (Wildman–Crippen LogP) is 4.61. The second kappa shape index (κ2) is 5.67. The number of carbonyl (C=O) groups excluding carboxylic acids is 1. The van der Waals surface area contributed by atoms with Crippen molar-refractivity contribution in [1.82, 2.24) is 4.98 Å². The molecule has 0 atom stereocenters. The Kier molecular flexibility index (Phi) is 3.79. The summed E-state index contributed by atoms with van der Waals surface area (Å²) in [5, 5.41) is 1.79. The summed E-state index contributed by atoms with van der Waals surface area (Å²) in [5.74, 6) is -1.65. The highest BCUT2D eigenvalue weighted by atomic mass is 19.4. The van der Waals surface area contributed by atoms with Gasteiger partial charge in [0.15, 0.2) is 5.58 Å². The highest BCUT2D eigenvalue weighted by molar-refractivity contribution is 5.95. The first-order valence-corrected chi connectivity index (χ1v) is 7.10. The molecule has 1 aromatic heterocycles. The topological polar surface area (TPSA) is 55.1 Å². The fourth-order valence-corrected chi connectivity index (χ4v) is 2.20. The Bertz CT molecular complexity index is 873. The second-order valence-corrected chi connectivity index (χ2v) is 5.45. The minimum atomic E-state index is -4.92. The maximum atomic E-state index is 12.2. The molecule has 0 aliphatic rings. The fourth-order valence-electron chi connectivity index (χ4n) is 2.20. The fraction of sp³-hybridized carbons (Fsp3) is 0.176. The van der Waals surface area contributed by atoms with Crippen LogP contribution in [0.25, 0.3) is 22.6 Å². The summed E-state index contributed by atoms with van der Waals surface area (Å²) in [6.45, 7) is 3.94. The van der Waals surface area contributed by atoms with Gasteiger partial charge in [0.2, 0.25) is 5.89 Å². The third kappa shape index (κ3) is 3.10. The zero-order valence-corrected chi connectivity index (χ0v) is 12.9. The van der Waals surface area contributed by atoms with Crippen molar-refractivity contribution in [3.8, 4) is 11.5 Å². The van der Waals surface area contributed by atoms with Crippen molar-refractivity contribution in [2.24, 2.45) is 0 Å². The van der Waals surface area contributed by atoms with Gasteiger partial charge in [0.1, 0.15) is 5.52 Å². The van der Waals surface area contributed by atoms with Gasteiger partial charge >= 0.3 is 12.1 Å². The number of rotatable bonds is 2. The van der Waals surface area contributed by atoms with Crippen LogP contribution in [0, 0.1) is 13.8 Å². The minimum Gasteiger partial charge on any atom is -0.436 e. The number of anilines is 1. The van der Waals surface area contributed by atoms with E-state index in [1.807, 2.05) is 26.0 Å². The Morgan fingerprint density at radius 2 is 1.71 bits per heavy atom. The van der Waals surface area contributed by atoms with E-state index in [0.717, 1.165) is 11.1 Å². The van der Waals surface area contributed by atoms with Crippen molar-refractivity contribution in [1.29, 1.82) is 0 Å². The number of hydrogen-bond acceptors (Lipinski definition) is 3. The standard InChI is InChI=1S/C17H13F3N2O2/c1-9-7-13-14(8-10(9)2)24-15(22-13)11-3-5-12(6-4-11)21-16(23)17(18,19)20/h3-8H,1-2H3,(H,21,23). The number of fused-ring (bicyclic) bond motifs is 1. The number of carbonyl (C=O) groups is 1. The molecule has 3 aromatic rings. The molecule has 0 radical (unpaired) electrons. The summed E-state index contributed by atoms with van der Waals surface area (Å²) in [6, 6.07) is 9.61. The average Bonchev–Trinajstić information content (AvgIpc) is 2.90. The molecule has 1 N–H and O–H groups in total. The van der Waals surface area contributed by atoms with Gasteiger partial charge in [0.05, 0.1) is 0 Å². The van der Waals surface area contributed by atoms with Crippen LogP contribution in [0.5, 0.6) is 0 Å². The largest absolute Gasteiger partial charge is 0.471 e. The molecule has 0 saturated carbocycles. The first-order valence-electron chi connectivity index (χ1n) is 7.10. The van der Waals surface area contributed by atoms with Crippen LogP contribution in [0.2, 0.25) is 0 Å².